The highest BCUT2D eigenvalue weighted by molar-refractivity contribution is 9.10. The first kappa shape index (κ1) is 18.3. The van der Waals surface area contributed by atoms with Crippen molar-refractivity contribution in [3.05, 3.63) is 57.4 Å². The van der Waals surface area contributed by atoms with E-state index < -0.39 is 38.5 Å². The molecule has 1 amide bonds. The summed E-state index contributed by atoms with van der Waals surface area (Å²) in [5.41, 5.74) is -0.715. The third-order valence-electron chi connectivity index (χ3n) is 2.96. The number of halogens is 3. The highest BCUT2D eigenvalue weighted by Crippen LogP contribution is 2.26. The summed E-state index contributed by atoms with van der Waals surface area (Å²) in [6.45, 7) is -0.401. The Hall–Kier alpha value is -2.07. The second-order valence-corrected chi connectivity index (χ2v) is 7.47. The molecule has 1 heterocycles. The molecule has 1 aromatic carbocycles. The molecule has 0 atom stereocenters. The van der Waals surface area contributed by atoms with Crippen molar-refractivity contribution in [3.8, 4) is 0 Å². The lowest BCUT2D eigenvalue weighted by molar-refractivity contribution is -0.116. The predicted octanol–water partition coefficient (Wildman–Crippen LogP) is 2.25. The number of amides is 1. The van der Waals surface area contributed by atoms with E-state index >= 15 is 0 Å². The van der Waals surface area contributed by atoms with E-state index in [1.807, 2.05) is 0 Å². The fourth-order valence-electron chi connectivity index (χ4n) is 1.88. The maximum atomic E-state index is 12.7. The van der Waals surface area contributed by atoms with Gasteiger partial charge in [-0.1, -0.05) is 12.1 Å². The van der Waals surface area contributed by atoms with Crippen molar-refractivity contribution in [2.75, 3.05) is 5.32 Å². The van der Waals surface area contributed by atoms with E-state index in [-0.39, 0.29) is 5.69 Å². The standard InChI is InChI=1S/C14H11BrF2N2O4S/c15-9-5-6-13(21)19(7-9)8-12(20)18-10-3-1-2-4-11(10)24(22,23)14(16)17/h1-7,14H,8H2,(H,18,20). The average Bonchev–Trinajstić information content (AvgIpc) is 2.51. The number of aromatic nitrogens is 1. The summed E-state index contributed by atoms with van der Waals surface area (Å²) >= 11 is 3.15. The van der Waals surface area contributed by atoms with Crippen molar-refractivity contribution in [1.82, 2.24) is 4.57 Å². The van der Waals surface area contributed by atoms with Crippen LogP contribution < -0.4 is 10.9 Å². The average molecular weight is 421 g/mol. The van der Waals surface area contributed by atoms with Crippen LogP contribution in [-0.4, -0.2) is 24.6 Å². The van der Waals surface area contributed by atoms with E-state index in [0.717, 1.165) is 10.6 Å². The van der Waals surface area contributed by atoms with Crippen LogP contribution in [0.4, 0.5) is 14.5 Å². The van der Waals surface area contributed by atoms with Gasteiger partial charge in [0.2, 0.25) is 15.7 Å². The zero-order valence-electron chi connectivity index (χ0n) is 11.9. The molecule has 0 fully saturated rings. The number of sulfone groups is 1. The Morgan fingerprint density at radius 2 is 1.88 bits per heavy atom. The number of nitrogens with one attached hydrogen (secondary N) is 1. The van der Waals surface area contributed by atoms with Crippen molar-refractivity contribution in [1.29, 1.82) is 0 Å². The molecule has 2 aromatic rings. The molecule has 0 aliphatic carbocycles. The van der Waals surface area contributed by atoms with Crippen LogP contribution in [-0.2, 0) is 21.2 Å². The minimum atomic E-state index is -4.86. The van der Waals surface area contributed by atoms with Crippen LogP contribution in [0, 0.1) is 0 Å². The number of carbonyl (C=O) groups excluding carboxylic acids is 1. The Morgan fingerprint density at radius 1 is 1.21 bits per heavy atom. The van der Waals surface area contributed by atoms with Gasteiger partial charge in [0.1, 0.15) is 6.54 Å². The Morgan fingerprint density at radius 3 is 2.54 bits per heavy atom. The van der Waals surface area contributed by atoms with Gasteiger partial charge in [-0.3, -0.25) is 9.59 Å². The highest BCUT2D eigenvalue weighted by atomic mass is 79.9. The molecule has 1 aromatic heterocycles. The smallest absolute Gasteiger partial charge is 0.323 e. The molecule has 0 aliphatic rings. The van der Waals surface area contributed by atoms with Crippen LogP contribution in [0.3, 0.4) is 0 Å². The molecule has 0 aliphatic heterocycles. The molecule has 0 saturated heterocycles. The molecule has 6 nitrogen and oxygen atoms in total. The van der Waals surface area contributed by atoms with Crippen LogP contribution in [0.2, 0.25) is 0 Å². The van der Waals surface area contributed by atoms with E-state index in [1.54, 1.807) is 0 Å². The van der Waals surface area contributed by atoms with E-state index in [2.05, 4.69) is 21.2 Å². The third-order valence-corrected chi connectivity index (χ3v) is 4.87. The molecule has 0 saturated carbocycles. The number of anilines is 1. The van der Waals surface area contributed by atoms with Crippen LogP contribution in [0.25, 0.3) is 0 Å². The lowest BCUT2D eigenvalue weighted by Crippen LogP contribution is -2.27. The van der Waals surface area contributed by atoms with Crippen LogP contribution in [0.1, 0.15) is 0 Å². The largest absolute Gasteiger partial charge is 0.341 e. The molecular weight excluding hydrogens is 410 g/mol. The fraction of sp³-hybridized carbons (Fsp3) is 0.143. The first-order chi connectivity index (χ1) is 11.2. The molecule has 128 valence electrons. The topological polar surface area (TPSA) is 85.2 Å². The van der Waals surface area contributed by atoms with Gasteiger partial charge in [-0.25, -0.2) is 8.42 Å². The fourth-order valence-corrected chi connectivity index (χ4v) is 3.15. The van der Waals surface area contributed by atoms with Gasteiger partial charge in [-0.2, -0.15) is 8.78 Å². The van der Waals surface area contributed by atoms with Crippen LogP contribution in [0.15, 0.2) is 56.8 Å². The SMILES string of the molecule is O=C(Cn1cc(Br)ccc1=O)Nc1ccccc1S(=O)(=O)C(F)F. The molecule has 2 rings (SSSR count). The van der Waals surface area contributed by atoms with Gasteiger partial charge in [-0.15, -0.1) is 0 Å². The van der Waals surface area contributed by atoms with Crippen molar-refractivity contribution < 1.29 is 22.0 Å². The number of rotatable bonds is 5. The second-order valence-electron chi connectivity index (χ2n) is 4.66. The minimum absolute atomic E-state index is 0.272. The van der Waals surface area contributed by atoms with Gasteiger partial charge in [0.05, 0.1) is 10.6 Å². The van der Waals surface area contributed by atoms with Gasteiger partial charge in [0, 0.05) is 16.7 Å². The van der Waals surface area contributed by atoms with Crippen molar-refractivity contribution in [3.63, 3.8) is 0 Å². The number of hydrogen-bond donors (Lipinski definition) is 1. The normalized spacial score (nSPS) is 11.5. The predicted molar refractivity (Wildman–Crippen MR) is 86.7 cm³/mol. The molecule has 10 heteroatoms. The lowest BCUT2D eigenvalue weighted by atomic mass is 10.3. The number of pyridine rings is 1. The third kappa shape index (κ3) is 4.06. The zero-order valence-corrected chi connectivity index (χ0v) is 14.4. The summed E-state index contributed by atoms with van der Waals surface area (Å²) in [6, 6.07) is 7.57. The van der Waals surface area contributed by atoms with Gasteiger partial charge in [0.25, 0.3) is 5.56 Å². The molecular formula is C14H11BrF2N2O4S. The quantitative estimate of drug-likeness (QED) is 0.803. The number of hydrogen-bond acceptors (Lipinski definition) is 4. The summed E-state index contributed by atoms with van der Waals surface area (Å²) in [4.78, 5) is 23.0. The van der Waals surface area contributed by atoms with Crippen molar-refractivity contribution >= 4 is 37.4 Å². The molecule has 24 heavy (non-hydrogen) atoms. The number of para-hydroxylation sites is 1. The molecule has 0 spiro atoms. The number of carbonyl (C=O) groups is 1. The van der Waals surface area contributed by atoms with E-state index in [9.17, 15) is 26.8 Å². The number of nitrogens with zero attached hydrogens (tertiary/aromatic N) is 1. The molecule has 0 unspecified atom stereocenters. The summed E-state index contributed by atoms with van der Waals surface area (Å²) in [5.74, 6) is -4.34. The van der Waals surface area contributed by atoms with Gasteiger partial charge < -0.3 is 9.88 Å². The first-order valence-electron chi connectivity index (χ1n) is 6.49. The number of alkyl halides is 2. The van der Waals surface area contributed by atoms with Gasteiger partial charge in [-0.05, 0) is 34.1 Å². The zero-order chi connectivity index (χ0) is 17.9. The summed E-state index contributed by atoms with van der Waals surface area (Å²) in [6.07, 6.45) is 1.38. The van der Waals surface area contributed by atoms with Crippen molar-refractivity contribution in [2.24, 2.45) is 0 Å². The van der Waals surface area contributed by atoms with E-state index in [0.29, 0.717) is 4.47 Å². The van der Waals surface area contributed by atoms with Crippen LogP contribution >= 0.6 is 15.9 Å². The summed E-state index contributed by atoms with van der Waals surface area (Å²) in [5, 5.41) is 2.24. The minimum Gasteiger partial charge on any atom is -0.323 e. The number of benzene rings is 1. The van der Waals surface area contributed by atoms with Crippen molar-refractivity contribution in [2.45, 2.75) is 17.2 Å². The van der Waals surface area contributed by atoms with Gasteiger partial charge in [0.15, 0.2) is 0 Å². The molecule has 1 N–H and O–H groups in total. The second kappa shape index (κ2) is 7.22. The Kier molecular flexibility index (Phi) is 5.50. The highest BCUT2D eigenvalue weighted by Gasteiger charge is 2.29. The maximum absolute atomic E-state index is 12.7. The Bertz CT molecular complexity index is 928. The molecule has 0 radical (unpaired) electrons. The monoisotopic (exact) mass is 420 g/mol. The Balaban J connectivity index is 2.28. The van der Waals surface area contributed by atoms with E-state index in [4.69, 9.17) is 0 Å². The summed E-state index contributed by atoms with van der Waals surface area (Å²) in [7, 11) is -4.86. The first-order valence-corrected chi connectivity index (χ1v) is 8.82. The van der Waals surface area contributed by atoms with Gasteiger partial charge >= 0.3 is 5.76 Å². The van der Waals surface area contributed by atoms with Crippen LogP contribution in [0.5, 0.6) is 0 Å². The lowest BCUT2D eigenvalue weighted by Gasteiger charge is -2.12. The van der Waals surface area contributed by atoms with E-state index in [1.165, 1.54) is 36.5 Å². The summed E-state index contributed by atoms with van der Waals surface area (Å²) < 4.78 is 50.3. The maximum Gasteiger partial charge on any atom is 0.341 e. The Labute approximate surface area is 144 Å². The molecule has 0 bridgehead atoms.